The lowest BCUT2D eigenvalue weighted by Gasteiger charge is -2.17. The van der Waals surface area contributed by atoms with Crippen molar-refractivity contribution in [2.75, 3.05) is 7.11 Å². The van der Waals surface area contributed by atoms with Gasteiger partial charge in [0.25, 0.3) is 0 Å². The highest BCUT2D eigenvalue weighted by atomic mass is 35.5. The zero-order chi connectivity index (χ0) is 12.3. The fourth-order valence-electron chi connectivity index (χ4n) is 2.34. The van der Waals surface area contributed by atoms with Crippen LogP contribution < -0.4 is 0 Å². The van der Waals surface area contributed by atoms with E-state index in [0.29, 0.717) is 12.8 Å². The van der Waals surface area contributed by atoms with Gasteiger partial charge in [-0.15, -0.1) is 0 Å². The molecule has 2 nitrogen and oxygen atoms in total. The van der Waals surface area contributed by atoms with Crippen LogP contribution in [0.15, 0.2) is 12.1 Å². The monoisotopic (exact) mass is 252 g/mol. The predicted octanol–water partition coefficient (Wildman–Crippen LogP) is 3.32. The molecular formula is C14H17ClO2. The number of carbonyl (C=O) groups excluding carboxylic acids is 1. The first-order valence-corrected chi connectivity index (χ1v) is 6.45. The van der Waals surface area contributed by atoms with E-state index in [2.05, 4.69) is 16.9 Å². The van der Waals surface area contributed by atoms with Crippen molar-refractivity contribution in [3.05, 3.63) is 33.8 Å². The van der Waals surface area contributed by atoms with E-state index in [9.17, 15) is 4.79 Å². The summed E-state index contributed by atoms with van der Waals surface area (Å²) in [6.45, 7) is 0. The van der Waals surface area contributed by atoms with Crippen molar-refractivity contribution in [3.63, 3.8) is 0 Å². The summed E-state index contributed by atoms with van der Waals surface area (Å²) < 4.78 is 4.64. The van der Waals surface area contributed by atoms with Gasteiger partial charge in [0.1, 0.15) is 0 Å². The number of halogens is 1. The highest BCUT2D eigenvalue weighted by Crippen LogP contribution is 2.28. The summed E-state index contributed by atoms with van der Waals surface area (Å²) in [6.07, 6.45) is 5.84. The Morgan fingerprint density at radius 2 is 1.94 bits per heavy atom. The Kier molecular flexibility index (Phi) is 4.06. The van der Waals surface area contributed by atoms with Crippen LogP contribution in [-0.2, 0) is 28.8 Å². The molecule has 0 radical (unpaired) electrons. The number of ether oxygens (including phenoxy) is 1. The Bertz CT molecular complexity index is 426. The number of aryl methyl sites for hydroxylation is 3. The summed E-state index contributed by atoms with van der Waals surface area (Å²) in [7, 11) is 1.41. The Morgan fingerprint density at radius 1 is 1.29 bits per heavy atom. The van der Waals surface area contributed by atoms with Gasteiger partial charge in [-0.2, -0.15) is 0 Å². The summed E-state index contributed by atoms with van der Waals surface area (Å²) >= 11 is 6.24. The number of hydrogen-bond donors (Lipinski definition) is 0. The lowest BCUT2D eigenvalue weighted by molar-refractivity contribution is -0.140. The zero-order valence-corrected chi connectivity index (χ0v) is 10.8. The fraction of sp³-hybridized carbons (Fsp3) is 0.500. The standard InChI is InChI=1S/C14H17ClO2/c1-17-14(16)7-6-12-8-10-4-2-3-5-11(10)9-13(12)15/h8-9H,2-7H2,1H3. The van der Waals surface area contributed by atoms with Gasteiger partial charge in [0.05, 0.1) is 7.11 Å². The number of esters is 1. The van der Waals surface area contributed by atoms with Crippen LogP contribution in [0.25, 0.3) is 0 Å². The molecule has 92 valence electrons. The first-order chi connectivity index (χ1) is 8.20. The molecular weight excluding hydrogens is 236 g/mol. The van der Waals surface area contributed by atoms with Gasteiger partial charge in [0.2, 0.25) is 0 Å². The molecule has 1 aromatic carbocycles. The van der Waals surface area contributed by atoms with E-state index in [1.165, 1.54) is 31.1 Å². The summed E-state index contributed by atoms with van der Waals surface area (Å²) in [6, 6.07) is 4.24. The third kappa shape index (κ3) is 3.01. The van der Waals surface area contributed by atoms with Crippen molar-refractivity contribution >= 4 is 17.6 Å². The minimum absolute atomic E-state index is 0.182. The molecule has 1 aromatic rings. The molecule has 0 aromatic heterocycles. The predicted molar refractivity (Wildman–Crippen MR) is 68.4 cm³/mol. The van der Waals surface area contributed by atoms with Gasteiger partial charge < -0.3 is 4.74 Å². The Balaban J connectivity index is 2.14. The third-order valence-corrected chi connectivity index (χ3v) is 3.69. The maximum Gasteiger partial charge on any atom is 0.305 e. The molecule has 0 amide bonds. The van der Waals surface area contributed by atoms with Crippen molar-refractivity contribution in [2.24, 2.45) is 0 Å². The molecule has 2 rings (SSSR count). The molecule has 0 N–H and O–H groups in total. The van der Waals surface area contributed by atoms with Gasteiger partial charge in [-0.05, 0) is 54.9 Å². The van der Waals surface area contributed by atoms with Crippen LogP contribution in [-0.4, -0.2) is 13.1 Å². The lowest BCUT2D eigenvalue weighted by Crippen LogP contribution is -2.06. The molecule has 0 heterocycles. The average Bonchev–Trinajstić information content (AvgIpc) is 2.35. The summed E-state index contributed by atoms with van der Waals surface area (Å²) in [5.41, 5.74) is 3.85. The first kappa shape index (κ1) is 12.4. The Labute approximate surface area is 107 Å². The van der Waals surface area contributed by atoms with Crippen molar-refractivity contribution < 1.29 is 9.53 Å². The molecule has 0 atom stereocenters. The topological polar surface area (TPSA) is 26.3 Å². The number of fused-ring (bicyclic) bond motifs is 1. The van der Waals surface area contributed by atoms with E-state index in [-0.39, 0.29) is 5.97 Å². The maximum absolute atomic E-state index is 11.1. The second-order valence-electron chi connectivity index (χ2n) is 4.50. The highest BCUT2D eigenvalue weighted by molar-refractivity contribution is 6.31. The quantitative estimate of drug-likeness (QED) is 0.772. The normalized spacial score (nSPS) is 14.2. The van der Waals surface area contributed by atoms with Gasteiger partial charge in [-0.1, -0.05) is 17.7 Å². The SMILES string of the molecule is COC(=O)CCc1cc2c(cc1Cl)CCCC2. The van der Waals surface area contributed by atoms with Crippen LogP contribution in [0.5, 0.6) is 0 Å². The van der Waals surface area contributed by atoms with Crippen LogP contribution in [0.2, 0.25) is 5.02 Å². The van der Waals surface area contributed by atoms with Gasteiger partial charge in [-0.3, -0.25) is 4.79 Å². The Hall–Kier alpha value is -1.02. The summed E-state index contributed by atoms with van der Waals surface area (Å²) in [5, 5.41) is 0.787. The molecule has 0 unspecified atom stereocenters. The smallest absolute Gasteiger partial charge is 0.305 e. The fourth-order valence-corrected chi connectivity index (χ4v) is 2.62. The van der Waals surface area contributed by atoms with E-state index in [1.54, 1.807) is 0 Å². The minimum Gasteiger partial charge on any atom is -0.469 e. The van der Waals surface area contributed by atoms with Crippen LogP contribution >= 0.6 is 11.6 Å². The molecule has 1 aliphatic carbocycles. The molecule has 17 heavy (non-hydrogen) atoms. The maximum atomic E-state index is 11.1. The molecule has 0 aliphatic heterocycles. The molecule has 0 spiro atoms. The lowest BCUT2D eigenvalue weighted by atomic mass is 9.89. The first-order valence-electron chi connectivity index (χ1n) is 6.07. The zero-order valence-electron chi connectivity index (χ0n) is 10.1. The molecule has 0 fully saturated rings. The van der Waals surface area contributed by atoms with E-state index >= 15 is 0 Å². The summed E-state index contributed by atoms with van der Waals surface area (Å²) in [4.78, 5) is 11.1. The summed E-state index contributed by atoms with van der Waals surface area (Å²) in [5.74, 6) is -0.182. The number of carbonyl (C=O) groups is 1. The molecule has 0 saturated carbocycles. The van der Waals surface area contributed by atoms with E-state index in [1.807, 2.05) is 0 Å². The number of hydrogen-bond acceptors (Lipinski definition) is 2. The van der Waals surface area contributed by atoms with Crippen molar-refractivity contribution in [2.45, 2.75) is 38.5 Å². The van der Waals surface area contributed by atoms with E-state index in [4.69, 9.17) is 11.6 Å². The van der Waals surface area contributed by atoms with Crippen molar-refractivity contribution in [1.29, 1.82) is 0 Å². The molecule has 3 heteroatoms. The van der Waals surface area contributed by atoms with Crippen LogP contribution in [0.4, 0.5) is 0 Å². The third-order valence-electron chi connectivity index (χ3n) is 3.34. The Morgan fingerprint density at radius 3 is 2.59 bits per heavy atom. The number of methoxy groups -OCH3 is 1. The van der Waals surface area contributed by atoms with Gasteiger partial charge >= 0.3 is 5.97 Å². The second kappa shape index (κ2) is 5.54. The van der Waals surface area contributed by atoms with Gasteiger partial charge in [0, 0.05) is 11.4 Å². The number of benzene rings is 1. The van der Waals surface area contributed by atoms with E-state index in [0.717, 1.165) is 23.4 Å². The molecule has 0 bridgehead atoms. The molecule has 0 saturated heterocycles. The van der Waals surface area contributed by atoms with Crippen molar-refractivity contribution in [1.82, 2.24) is 0 Å². The van der Waals surface area contributed by atoms with Crippen LogP contribution in [0, 0.1) is 0 Å². The van der Waals surface area contributed by atoms with E-state index < -0.39 is 0 Å². The minimum atomic E-state index is -0.182. The van der Waals surface area contributed by atoms with Crippen molar-refractivity contribution in [3.8, 4) is 0 Å². The van der Waals surface area contributed by atoms with Crippen LogP contribution in [0.1, 0.15) is 36.0 Å². The molecule has 1 aliphatic rings. The largest absolute Gasteiger partial charge is 0.469 e. The van der Waals surface area contributed by atoms with Crippen LogP contribution in [0.3, 0.4) is 0 Å². The number of rotatable bonds is 3. The van der Waals surface area contributed by atoms with Gasteiger partial charge in [0.15, 0.2) is 0 Å². The highest BCUT2D eigenvalue weighted by Gasteiger charge is 2.13. The average molecular weight is 253 g/mol. The van der Waals surface area contributed by atoms with Gasteiger partial charge in [-0.25, -0.2) is 0 Å². The second-order valence-corrected chi connectivity index (χ2v) is 4.90.